The van der Waals surface area contributed by atoms with Crippen molar-refractivity contribution >= 4 is 75.9 Å². The molecule has 0 aliphatic carbocycles. The molecular weight excluding hydrogens is 897 g/mol. The van der Waals surface area contributed by atoms with Gasteiger partial charge in [0.05, 0.1) is 33.5 Å². The van der Waals surface area contributed by atoms with Crippen molar-refractivity contribution in [3.05, 3.63) is 267 Å². The molecular formula is C70H44N4. The van der Waals surface area contributed by atoms with Crippen LogP contribution in [0.1, 0.15) is 0 Å². The largest absolute Gasteiger partial charge is 0.309 e. The van der Waals surface area contributed by atoms with E-state index >= 15 is 0 Å². The number of para-hydroxylation sites is 3. The molecule has 0 spiro atoms. The van der Waals surface area contributed by atoms with Crippen molar-refractivity contribution < 1.29 is 0 Å². The van der Waals surface area contributed by atoms with Gasteiger partial charge in [0.1, 0.15) is 0 Å². The van der Waals surface area contributed by atoms with Gasteiger partial charge < -0.3 is 9.13 Å². The predicted molar refractivity (Wildman–Crippen MR) is 310 cm³/mol. The number of nitrogens with zero attached hydrogens (tertiary/aromatic N) is 4. The lowest BCUT2D eigenvalue weighted by Crippen LogP contribution is -1.99. The fourth-order valence-corrected chi connectivity index (χ4v) is 11.6. The lowest BCUT2D eigenvalue weighted by atomic mass is 9.91. The maximum absolute atomic E-state index is 5.49. The van der Waals surface area contributed by atoms with Gasteiger partial charge in [-0.05, 0) is 127 Å². The summed E-state index contributed by atoms with van der Waals surface area (Å²) < 4.78 is 4.81. The van der Waals surface area contributed by atoms with Gasteiger partial charge in [-0.15, -0.1) is 0 Å². The molecule has 0 atom stereocenters. The zero-order valence-corrected chi connectivity index (χ0v) is 40.2. The molecule has 0 fully saturated rings. The Balaban J connectivity index is 0.996. The molecule has 344 valence electrons. The van der Waals surface area contributed by atoms with E-state index in [1.54, 1.807) is 0 Å². The van der Waals surface area contributed by atoms with Crippen LogP contribution in [0.3, 0.4) is 0 Å². The number of fused-ring (bicyclic) bond motifs is 12. The van der Waals surface area contributed by atoms with Gasteiger partial charge in [0.15, 0.2) is 5.82 Å². The summed E-state index contributed by atoms with van der Waals surface area (Å²) in [5, 5.41) is 12.3. The molecule has 12 aromatic carbocycles. The van der Waals surface area contributed by atoms with E-state index in [1.807, 2.05) is 6.07 Å². The SMILES string of the molecule is c1ccc(-c2ccc3c4ccccc4n(-c4cc(-c5ccc6c7ccccc7c7ccccc7c6c5)cc(-c5cc(-c6ccc7c(c6)c6ccccc6n7-c6ccccc6)nc(-c6ccccc6)n5)c4)c3c2)cc1. The van der Waals surface area contributed by atoms with Crippen LogP contribution >= 0.6 is 0 Å². The van der Waals surface area contributed by atoms with Crippen LogP contribution in [0, 0.1) is 0 Å². The van der Waals surface area contributed by atoms with Gasteiger partial charge >= 0.3 is 0 Å². The molecule has 0 bridgehead atoms. The van der Waals surface area contributed by atoms with E-state index in [0.29, 0.717) is 5.82 Å². The van der Waals surface area contributed by atoms with Crippen LogP contribution in [0.5, 0.6) is 0 Å². The lowest BCUT2D eigenvalue weighted by molar-refractivity contribution is 1.16. The first-order valence-corrected chi connectivity index (χ1v) is 25.3. The molecule has 0 radical (unpaired) electrons. The Labute approximate surface area is 427 Å². The Morgan fingerprint density at radius 2 is 0.635 bits per heavy atom. The molecule has 0 aliphatic heterocycles. The minimum absolute atomic E-state index is 0.672. The highest BCUT2D eigenvalue weighted by Crippen LogP contribution is 2.42. The summed E-state index contributed by atoms with van der Waals surface area (Å²) in [5.41, 5.74) is 16.0. The summed E-state index contributed by atoms with van der Waals surface area (Å²) in [6.45, 7) is 0. The fraction of sp³-hybridized carbons (Fsp3) is 0. The van der Waals surface area contributed by atoms with Crippen LogP contribution < -0.4 is 0 Å². The molecule has 0 saturated heterocycles. The van der Waals surface area contributed by atoms with Gasteiger partial charge in [-0.2, -0.15) is 0 Å². The number of rotatable bonds is 7. The molecule has 3 aromatic heterocycles. The molecule has 3 heterocycles. The normalized spacial score (nSPS) is 11.8. The molecule has 0 saturated carbocycles. The lowest BCUT2D eigenvalue weighted by Gasteiger charge is -2.16. The van der Waals surface area contributed by atoms with E-state index in [4.69, 9.17) is 9.97 Å². The molecule has 0 aliphatic rings. The van der Waals surface area contributed by atoms with Crippen molar-refractivity contribution in [2.45, 2.75) is 0 Å². The molecule has 0 unspecified atom stereocenters. The van der Waals surface area contributed by atoms with Gasteiger partial charge in [0.2, 0.25) is 0 Å². The van der Waals surface area contributed by atoms with E-state index in [2.05, 4.69) is 270 Å². The second kappa shape index (κ2) is 16.9. The number of hydrogen-bond donors (Lipinski definition) is 0. The zero-order chi connectivity index (χ0) is 48.7. The summed E-state index contributed by atoms with van der Waals surface area (Å²) in [6, 6.07) is 96.7. The molecule has 15 rings (SSSR count). The minimum Gasteiger partial charge on any atom is -0.309 e. The first-order valence-electron chi connectivity index (χ1n) is 25.3. The van der Waals surface area contributed by atoms with Crippen molar-refractivity contribution in [2.75, 3.05) is 0 Å². The standard InChI is InChI=1S/C70H44N4/c1-4-18-45(19-5-1)48-33-36-61-59-28-14-16-30-66(59)74(69(61)43-48)53-39-50(47-32-35-58-56-26-11-10-24-54(56)55-25-12-13-27-57(55)62(58)41-47)38-51(40-53)65-44-64(71-70(72-65)46-20-6-2-7-21-46)49-34-37-68-63(42-49)60-29-15-17-31-67(60)73(68)52-22-8-3-9-23-52/h1-44H. The molecule has 0 amide bonds. The van der Waals surface area contributed by atoms with Gasteiger partial charge in [0.25, 0.3) is 0 Å². The van der Waals surface area contributed by atoms with Crippen LogP contribution in [0.15, 0.2) is 267 Å². The van der Waals surface area contributed by atoms with E-state index in [0.717, 1.165) is 67.1 Å². The molecule has 0 N–H and O–H groups in total. The first-order chi connectivity index (χ1) is 36.7. The fourth-order valence-electron chi connectivity index (χ4n) is 11.6. The average molecular weight is 941 g/mol. The number of benzene rings is 12. The number of aromatic nitrogens is 4. The van der Waals surface area contributed by atoms with Gasteiger partial charge in [-0.25, -0.2) is 9.97 Å². The van der Waals surface area contributed by atoms with E-state index in [9.17, 15) is 0 Å². The van der Waals surface area contributed by atoms with Crippen molar-refractivity contribution in [2.24, 2.45) is 0 Å². The monoisotopic (exact) mass is 940 g/mol. The predicted octanol–water partition coefficient (Wildman–Crippen LogP) is 18.5. The van der Waals surface area contributed by atoms with Crippen LogP contribution in [0.25, 0.3) is 143 Å². The van der Waals surface area contributed by atoms with Crippen molar-refractivity contribution in [3.63, 3.8) is 0 Å². The van der Waals surface area contributed by atoms with Crippen LogP contribution in [-0.2, 0) is 0 Å². The third-order valence-electron chi connectivity index (χ3n) is 15.1. The van der Waals surface area contributed by atoms with Crippen molar-refractivity contribution in [3.8, 4) is 67.5 Å². The quantitative estimate of drug-likeness (QED) is 0.149. The van der Waals surface area contributed by atoms with E-state index < -0.39 is 0 Å². The Morgan fingerprint density at radius 3 is 1.30 bits per heavy atom. The molecule has 74 heavy (non-hydrogen) atoms. The van der Waals surface area contributed by atoms with Crippen LogP contribution in [0.2, 0.25) is 0 Å². The summed E-state index contributed by atoms with van der Waals surface area (Å²) in [5.74, 6) is 0.672. The highest BCUT2D eigenvalue weighted by molar-refractivity contribution is 6.26. The Morgan fingerprint density at radius 1 is 0.203 bits per heavy atom. The summed E-state index contributed by atoms with van der Waals surface area (Å²) >= 11 is 0. The maximum atomic E-state index is 5.49. The Bertz CT molecular complexity index is 4670. The van der Waals surface area contributed by atoms with Gasteiger partial charge in [-0.1, -0.05) is 194 Å². The van der Waals surface area contributed by atoms with E-state index in [1.165, 1.54) is 70.5 Å². The molecule has 4 heteroatoms. The zero-order valence-electron chi connectivity index (χ0n) is 40.2. The third kappa shape index (κ3) is 6.77. The second-order valence-electron chi connectivity index (χ2n) is 19.3. The van der Waals surface area contributed by atoms with Gasteiger partial charge in [0, 0.05) is 49.6 Å². The van der Waals surface area contributed by atoms with E-state index in [-0.39, 0.29) is 0 Å². The molecule has 4 nitrogen and oxygen atoms in total. The van der Waals surface area contributed by atoms with Crippen molar-refractivity contribution in [1.29, 1.82) is 0 Å². The summed E-state index contributed by atoms with van der Waals surface area (Å²) in [6.07, 6.45) is 0. The average Bonchev–Trinajstić information content (AvgIpc) is 4.00. The second-order valence-corrected chi connectivity index (χ2v) is 19.3. The first kappa shape index (κ1) is 41.8. The topological polar surface area (TPSA) is 35.6 Å². The Hall–Kier alpha value is -9.90. The number of hydrogen-bond acceptors (Lipinski definition) is 2. The van der Waals surface area contributed by atoms with Crippen LogP contribution in [0.4, 0.5) is 0 Å². The summed E-state index contributed by atoms with van der Waals surface area (Å²) in [4.78, 5) is 10.9. The highest BCUT2D eigenvalue weighted by atomic mass is 15.0. The van der Waals surface area contributed by atoms with Gasteiger partial charge in [-0.3, -0.25) is 0 Å². The minimum atomic E-state index is 0.672. The maximum Gasteiger partial charge on any atom is 0.160 e. The summed E-state index contributed by atoms with van der Waals surface area (Å²) in [7, 11) is 0. The highest BCUT2D eigenvalue weighted by Gasteiger charge is 2.20. The smallest absolute Gasteiger partial charge is 0.160 e. The molecule has 15 aromatic rings. The third-order valence-corrected chi connectivity index (χ3v) is 15.1. The van der Waals surface area contributed by atoms with Crippen LogP contribution in [-0.4, -0.2) is 19.1 Å². The Kier molecular flexibility index (Phi) is 9.54. The van der Waals surface area contributed by atoms with Crippen molar-refractivity contribution in [1.82, 2.24) is 19.1 Å².